The van der Waals surface area contributed by atoms with Crippen LogP contribution in [0.2, 0.25) is 0 Å². The lowest BCUT2D eigenvalue weighted by molar-refractivity contribution is -0.136. The fourth-order valence-electron chi connectivity index (χ4n) is 2.26. The normalized spacial score (nSPS) is 12.4. The predicted octanol–water partition coefficient (Wildman–Crippen LogP) is 3.46. The molecule has 8 heteroatoms. The third-order valence-electron chi connectivity index (χ3n) is 3.56. The molecule has 2 aromatic carbocycles. The number of carbonyl (C=O) groups excluding carboxylic acids is 2. The van der Waals surface area contributed by atoms with E-state index in [-0.39, 0.29) is 18.3 Å². The Hall–Kier alpha value is -3.42. The van der Waals surface area contributed by atoms with Gasteiger partial charge in [0, 0.05) is 11.6 Å². The molecule has 0 aliphatic carbocycles. The van der Waals surface area contributed by atoms with Crippen LogP contribution in [0.1, 0.15) is 15.9 Å². The summed E-state index contributed by atoms with van der Waals surface area (Å²) in [5, 5.41) is 0. The zero-order chi connectivity index (χ0) is 19.2. The summed E-state index contributed by atoms with van der Waals surface area (Å²) in [5.74, 6) is -0.0672. The van der Waals surface area contributed by atoms with Crippen molar-refractivity contribution in [3.8, 4) is 17.2 Å². The summed E-state index contributed by atoms with van der Waals surface area (Å²) in [7, 11) is 0. The second-order valence-corrected chi connectivity index (χ2v) is 5.38. The Morgan fingerprint density at radius 2 is 1.81 bits per heavy atom. The van der Waals surface area contributed by atoms with E-state index in [2.05, 4.69) is 4.74 Å². The molecule has 0 unspecified atom stereocenters. The quantitative estimate of drug-likeness (QED) is 0.419. The standard InChI is InChI=1S/C19H14F2O6/c20-19(21)27-14-5-1-12(2-6-14)3-8-18(23)24-10-15(22)13-4-7-16-17(9-13)26-11-25-16/h1-9,19H,10-11H2/b8-3+. The monoisotopic (exact) mass is 376 g/mol. The first-order chi connectivity index (χ1) is 13.0. The molecule has 0 saturated carbocycles. The Kier molecular flexibility index (Phi) is 5.65. The van der Waals surface area contributed by atoms with Gasteiger partial charge >= 0.3 is 12.6 Å². The predicted molar refractivity (Wildman–Crippen MR) is 90.0 cm³/mol. The Morgan fingerprint density at radius 1 is 1.07 bits per heavy atom. The summed E-state index contributed by atoms with van der Waals surface area (Å²) >= 11 is 0. The van der Waals surface area contributed by atoms with E-state index in [1.54, 1.807) is 12.1 Å². The van der Waals surface area contributed by atoms with Gasteiger partial charge in [-0.1, -0.05) is 12.1 Å². The maximum absolute atomic E-state index is 12.1. The third-order valence-corrected chi connectivity index (χ3v) is 3.56. The topological polar surface area (TPSA) is 71.1 Å². The average Bonchev–Trinajstić information content (AvgIpc) is 3.13. The lowest BCUT2D eigenvalue weighted by Crippen LogP contribution is -2.12. The highest BCUT2D eigenvalue weighted by atomic mass is 19.3. The molecule has 1 aliphatic rings. The van der Waals surface area contributed by atoms with Crippen LogP contribution in [0.25, 0.3) is 6.08 Å². The van der Waals surface area contributed by atoms with Crippen molar-refractivity contribution < 1.29 is 37.3 Å². The largest absolute Gasteiger partial charge is 0.454 e. The van der Waals surface area contributed by atoms with Crippen LogP contribution in [-0.2, 0) is 9.53 Å². The van der Waals surface area contributed by atoms with Crippen molar-refractivity contribution in [2.45, 2.75) is 6.61 Å². The van der Waals surface area contributed by atoms with Gasteiger partial charge in [-0.25, -0.2) is 4.79 Å². The zero-order valence-electron chi connectivity index (χ0n) is 13.9. The van der Waals surface area contributed by atoms with Gasteiger partial charge in [-0.2, -0.15) is 8.78 Å². The highest BCUT2D eigenvalue weighted by molar-refractivity contribution is 5.99. The zero-order valence-corrected chi connectivity index (χ0v) is 13.9. The molecule has 0 saturated heterocycles. The fourth-order valence-corrected chi connectivity index (χ4v) is 2.26. The number of Topliss-reactive ketones (excluding diaryl/α,β-unsaturated/α-hetero) is 1. The van der Waals surface area contributed by atoms with E-state index < -0.39 is 19.2 Å². The summed E-state index contributed by atoms with van der Waals surface area (Å²) < 4.78 is 43.6. The minimum Gasteiger partial charge on any atom is -0.454 e. The Labute approximate surface area is 152 Å². The first-order valence-electron chi connectivity index (χ1n) is 7.84. The highest BCUT2D eigenvalue weighted by Gasteiger charge is 2.16. The van der Waals surface area contributed by atoms with Gasteiger partial charge in [0.25, 0.3) is 0 Å². The van der Waals surface area contributed by atoms with Crippen LogP contribution in [0.15, 0.2) is 48.5 Å². The van der Waals surface area contributed by atoms with Gasteiger partial charge in [0.1, 0.15) is 5.75 Å². The number of ketones is 1. The molecule has 27 heavy (non-hydrogen) atoms. The number of esters is 1. The van der Waals surface area contributed by atoms with Gasteiger partial charge in [0.2, 0.25) is 6.79 Å². The van der Waals surface area contributed by atoms with Gasteiger partial charge in [-0.15, -0.1) is 0 Å². The summed E-state index contributed by atoms with van der Waals surface area (Å²) in [6, 6.07) is 10.4. The molecule has 0 radical (unpaired) electrons. The molecule has 140 valence electrons. The maximum atomic E-state index is 12.1. The van der Waals surface area contributed by atoms with Crippen molar-refractivity contribution >= 4 is 17.8 Å². The molecule has 0 bridgehead atoms. The molecular formula is C19H14F2O6. The van der Waals surface area contributed by atoms with E-state index >= 15 is 0 Å². The first kappa shape index (κ1) is 18.4. The van der Waals surface area contributed by atoms with Crippen molar-refractivity contribution in [1.82, 2.24) is 0 Å². The van der Waals surface area contributed by atoms with E-state index in [0.717, 1.165) is 6.08 Å². The van der Waals surface area contributed by atoms with Crippen LogP contribution in [-0.4, -0.2) is 31.8 Å². The number of benzene rings is 2. The van der Waals surface area contributed by atoms with Crippen molar-refractivity contribution in [2.24, 2.45) is 0 Å². The van der Waals surface area contributed by atoms with E-state index in [4.69, 9.17) is 14.2 Å². The number of rotatable bonds is 7. The Bertz CT molecular complexity index is 861. The van der Waals surface area contributed by atoms with E-state index in [1.807, 2.05) is 0 Å². The molecule has 0 fully saturated rings. The van der Waals surface area contributed by atoms with Gasteiger partial charge in [-0.05, 0) is 42.0 Å². The molecule has 0 N–H and O–H groups in total. The second kappa shape index (κ2) is 8.31. The smallest absolute Gasteiger partial charge is 0.387 e. The van der Waals surface area contributed by atoms with Crippen molar-refractivity contribution in [1.29, 1.82) is 0 Å². The Balaban J connectivity index is 1.50. The van der Waals surface area contributed by atoms with Crippen LogP contribution in [0.3, 0.4) is 0 Å². The van der Waals surface area contributed by atoms with Crippen LogP contribution in [0, 0.1) is 0 Å². The summed E-state index contributed by atoms with van der Waals surface area (Å²) in [5.41, 5.74) is 0.918. The lowest BCUT2D eigenvalue weighted by Gasteiger charge is -2.04. The first-order valence-corrected chi connectivity index (χ1v) is 7.84. The molecule has 0 aromatic heterocycles. The van der Waals surface area contributed by atoms with Gasteiger partial charge in [-0.3, -0.25) is 4.79 Å². The lowest BCUT2D eigenvalue weighted by atomic mass is 10.1. The number of hydrogen-bond acceptors (Lipinski definition) is 6. The van der Waals surface area contributed by atoms with Gasteiger partial charge < -0.3 is 18.9 Å². The number of hydrogen-bond donors (Lipinski definition) is 0. The number of fused-ring (bicyclic) bond motifs is 1. The SMILES string of the molecule is O=C(/C=C/c1ccc(OC(F)F)cc1)OCC(=O)c1ccc2c(c1)OCO2. The van der Waals surface area contributed by atoms with Crippen molar-refractivity contribution in [2.75, 3.05) is 13.4 Å². The molecule has 2 aromatic rings. The Morgan fingerprint density at radius 3 is 2.56 bits per heavy atom. The minimum absolute atomic E-state index is 0.0130. The second-order valence-electron chi connectivity index (χ2n) is 5.38. The van der Waals surface area contributed by atoms with E-state index in [9.17, 15) is 18.4 Å². The molecule has 0 atom stereocenters. The van der Waals surface area contributed by atoms with Crippen LogP contribution >= 0.6 is 0 Å². The van der Waals surface area contributed by atoms with E-state index in [0.29, 0.717) is 22.6 Å². The molecule has 0 amide bonds. The summed E-state index contributed by atoms with van der Waals surface area (Å²) in [6.07, 6.45) is 2.56. The van der Waals surface area contributed by atoms with Gasteiger partial charge in [0.15, 0.2) is 23.9 Å². The van der Waals surface area contributed by atoms with Crippen molar-refractivity contribution in [3.05, 3.63) is 59.7 Å². The van der Waals surface area contributed by atoms with Crippen molar-refractivity contribution in [3.63, 3.8) is 0 Å². The number of ether oxygens (including phenoxy) is 4. The van der Waals surface area contributed by atoms with Crippen LogP contribution < -0.4 is 14.2 Å². The minimum atomic E-state index is -2.90. The molecule has 1 heterocycles. The molecule has 3 rings (SSSR count). The maximum Gasteiger partial charge on any atom is 0.387 e. The highest BCUT2D eigenvalue weighted by Crippen LogP contribution is 2.32. The fraction of sp³-hybridized carbons (Fsp3) is 0.158. The molecule has 1 aliphatic heterocycles. The average molecular weight is 376 g/mol. The summed E-state index contributed by atoms with van der Waals surface area (Å²) in [4.78, 5) is 23.8. The summed E-state index contributed by atoms with van der Waals surface area (Å²) in [6.45, 7) is -3.23. The van der Waals surface area contributed by atoms with Gasteiger partial charge in [0.05, 0.1) is 0 Å². The van der Waals surface area contributed by atoms with Crippen LogP contribution in [0.5, 0.6) is 17.2 Å². The van der Waals surface area contributed by atoms with Crippen LogP contribution in [0.4, 0.5) is 8.78 Å². The third kappa shape index (κ3) is 5.04. The number of carbonyl (C=O) groups is 2. The molecular weight excluding hydrogens is 362 g/mol. The van der Waals surface area contributed by atoms with E-state index in [1.165, 1.54) is 36.4 Å². The molecule has 6 nitrogen and oxygen atoms in total. The number of alkyl halides is 2. The molecule has 0 spiro atoms. The number of halogens is 2.